The molecule has 7 nitrogen and oxygen atoms in total. The third-order valence-electron chi connectivity index (χ3n) is 7.42. The lowest BCUT2D eigenvalue weighted by atomic mass is 9.76. The summed E-state index contributed by atoms with van der Waals surface area (Å²) in [4.78, 5) is 30.3. The lowest BCUT2D eigenvalue weighted by Crippen LogP contribution is -2.38. The third-order valence-corrected chi connectivity index (χ3v) is 8.27. The molecule has 0 spiro atoms. The Morgan fingerprint density at radius 3 is 2.66 bits per heavy atom. The predicted octanol–water partition coefficient (Wildman–Crippen LogP) is 4.47. The van der Waals surface area contributed by atoms with Crippen LogP contribution in [-0.2, 0) is 25.7 Å². The number of allylic oxidation sites excluding steroid dienone is 1. The van der Waals surface area contributed by atoms with E-state index < -0.39 is 29.5 Å². The molecular weight excluding hydrogens is 466 g/mol. The van der Waals surface area contributed by atoms with E-state index >= 15 is 0 Å². The zero-order chi connectivity index (χ0) is 26.0. The van der Waals surface area contributed by atoms with Gasteiger partial charge in [0.2, 0.25) is 0 Å². The summed E-state index contributed by atoms with van der Waals surface area (Å²) in [6, 6.07) is 0. The molecule has 0 radical (unpaired) electrons. The summed E-state index contributed by atoms with van der Waals surface area (Å²) in [6.07, 6.45) is 6.48. The van der Waals surface area contributed by atoms with Crippen molar-refractivity contribution >= 4 is 29.2 Å². The van der Waals surface area contributed by atoms with Crippen LogP contribution in [0.5, 0.6) is 0 Å². The number of esters is 1. The smallest absolute Gasteiger partial charge is 0.331 e. The minimum absolute atomic E-state index is 0.0211. The molecule has 0 aliphatic carbocycles. The third kappa shape index (κ3) is 6.88. The van der Waals surface area contributed by atoms with Crippen LogP contribution in [0.25, 0.3) is 6.08 Å². The average molecular weight is 506 g/mol. The Hall–Kier alpha value is -1.87. The molecule has 2 aliphatic heterocycles. The maximum absolute atomic E-state index is 13.1. The number of ketones is 1. The molecule has 1 fully saturated rings. The number of carbonyl (C=O) groups is 2. The summed E-state index contributed by atoms with van der Waals surface area (Å²) in [6.45, 7) is 11.1. The van der Waals surface area contributed by atoms with Crippen molar-refractivity contribution in [1.29, 1.82) is 0 Å². The van der Waals surface area contributed by atoms with Gasteiger partial charge in [-0.25, -0.2) is 9.78 Å². The van der Waals surface area contributed by atoms with E-state index in [1.807, 2.05) is 25.3 Å². The van der Waals surface area contributed by atoms with Crippen molar-refractivity contribution in [3.63, 3.8) is 0 Å². The van der Waals surface area contributed by atoms with Crippen LogP contribution in [0.15, 0.2) is 23.1 Å². The quantitative estimate of drug-likeness (QED) is 0.461. The highest BCUT2D eigenvalue weighted by Gasteiger charge is 2.52. The number of aliphatic hydroxyl groups excluding tert-OH is 2. The highest BCUT2D eigenvalue weighted by Crippen LogP contribution is 2.45. The van der Waals surface area contributed by atoms with Gasteiger partial charge >= 0.3 is 5.97 Å². The van der Waals surface area contributed by atoms with E-state index in [-0.39, 0.29) is 30.0 Å². The van der Waals surface area contributed by atoms with E-state index in [0.29, 0.717) is 17.1 Å². The van der Waals surface area contributed by atoms with E-state index in [2.05, 4.69) is 11.9 Å². The first-order valence-corrected chi connectivity index (χ1v) is 13.3. The van der Waals surface area contributed by atoms with Gasteiger partial charge in [0.25, 0.3) is 0 Å². The summed E-state index contributed by atoms with van der Waals surface area (Å²) < 4.78 is 11.9. The molecule has 2 N–H and O–H groups in total. The van der Waals surface area contributed by atoms with Crippen molar-refractivity contribution in [3.8, 4) is 0 Å². The molecule has 0 aromatic carbocycles. The van der Waals surface area contributed by atoms with Crippen LogP contribution < -0.4 is 0 Å². The number of rotatable bonds is 3. The fraction of sp³-hybridized carbons (Fsp3) is 0.667. The Labute approximate surface area is 212 Å². The molecular formula is C27H39NO6S. The van der Waals surface area contributed by atoms with Crippen LogP contribution >= 0.6 is 11.3 Å². The second-order valence-electron chi connectivity index (χ2n) is 10.9. The first kappa shape index (κ1) is 27.7. The fourth-order valence-electron chi connectivity index (χ4n) is 4.84. The number of thiazole rings is 1. The number of Topliss-reactive ketones (excluding diaryl/α,β-unsaturated/α-hetero) is 1. The minimum atomic E-state index is -0.921. The van der Waals surface area contributed by atoms with Crippen molar-refractivity contribution in [3.05, 3.63) is 33.8 Å². The van der Waals surface area contributed by atoms with Crippen LogP contribution in [0.3, 0.4) is 0 Å². The number of aromatic nitrogens is 1. The molecule has 0 unspecified atom stereocenters. The van der Waals surface area contributed by atoms with Crippen LogP contribution in [0.2, 0.25) is 0 Å². The SMILES string of the molecule is C/C(=C\c1csc(CO)n1)[C@@H]1C[C@@H]2O[C@]2(C)CCC[C@H](C)[C@H](O)[C@@H](C)C(=O)C(C)(C)/C=C/C(=O)O1. The first-order chi connectivity index (χ1) is 16.4. The number of hydrogen-bond acceptors (Lipinski definition) is 8. The number of cyclic esters (lactones) is 1. The second-order valence-corrected chi connectivity index (χ2v) is 11.8. The molecule has 1 aromatic heterocycles. The van der Waals surface area contributed by atoms with Crippen molar-refractivity contribution in [1.82, 2.24) is 4.98 Å². The number of epoxide rings is 1. The molecule has 8 heteroatoms. The normalized spacial score (nSPS) is 35.8. The average Bonchev–Trinajstić information content (AvgIpc) is 3.22. The standard InChI is InChI=1S/C27H39NO6S/c1-16-8-7-10-27(6)21(34-27)13-20(17(2)12-19-15-35-22(14-29)28-19)33-23(30)9-11-26(4,5)25(32)18(3)24(16)31/h9,11-12,15-16,18,20-21,24,29,31H,7-8,10,13-14H2,1-6H3/b11-9+,17-12+/t16-,18+,20-,21-,24-,27+/m0/s1. The second kappa shape index (κ2) is 11.0. The maximum atomic E-state index is 13.1. The number of nitrogens with zero attached hydrogens (tertiary/aromatic N) is 1. The highest BCUT2D eigenvalue weighted by molar-refractivity contribution is 7.09. The maximum Gasteiger partial charge on any atom is 0.331 e. The zero-order valence-corrected chi connectivity index (χ0v) is 22.4. The lowest BCUT2D eigenvalue weighted by molar-refractivity contribution is -0.141. The number of carbonyl (C=O) groups excluding carboxylic acids is 2. The predicted molar refractivity (Wildman–Crippen MR) is 136 cm³/mol. The van der Waals surface area contributed by atoms with E-state index in [0.717, 1.165) is 24.8 Å². The van der Waals surface area contributed by atoms with Gasteiger partial charge in [-0.15, -0.1) is 11.3 Å². The van der Waals surface area contributed by atoms with E-state index in [1.165, 1.54) is 17.4 Å². The number of aliphatic hydroxyl groups is 2. The highest BCUT2D eigenvalue weighted by atomic mass is 32.1. The van der Waals surface area contributed by atoms with E-state index in [9.17, 15) is 19.8 Å². The Morgan fingerprint density at radius 1 is 1.29 bits per heavy atom. The molecule has 3 rings (SSSR count). The van der Waals surface area contributed by atoms with Gasteiger partial charge in [0.05, 0.1) is 30.1 Å². The Balaban J connectivity index is 1.86. The zero-order valence-electron chi connectivity index (χ0n) is 21.6. The van der Waals surface area contributed by atoms with Crippen molar-refractivity contribution in [2.24, 2.45) is 17.3 Å². The minimum Gasteiger partial charge on any atom is -0.455 e. The van der Waals surface area contributed by atoms with Gasteiger partial charge in [-0.2, -0.15) is 0 Å². The summed E-state index contributed by atoms with van der Waals surface area (Å²) in [5.74, 6) is -1.21. The Morgan fingerprint density at radius 2 is 2.00 bits per heavy atom. The van der Waals surface area contributed by atoms with Crippen molar-refractivity contribution in [2.75, 3.05) is 0 Å². The van der Waals surface area contributed by atoms with E-state index in [1.54, 1.807) is 26.8 Å². The summed E-state index contributed by atoms with van der Waals surface area (Å²) >= 11 is 1.37. The van der Waals surface area contributed by atoms with Gasteiger partial charge in [-0.05, 0) is 58.1 Å². The van der Waals surface area contributed by atoms with Crippen molar-refractivity contribution < 1.29 is 29.3 Å². The van der Waals surface area contributed by atoms with Crippen LogP contribution in [0, 0.1) is 17.3 Å². The number of hydrogen-bond donors (Lipinski definition) is 2. The monoisotopic (exact) mass is 505 g/mol. The summed E-state index contributed by atoms with van der Waals surface area (Å²) in [5.41, 5.74) is 0.330. The topological polar surface area (TPSA) is 109 Å². The Kier molecular flexibility index (Phi) is 8.73. The Bertz CT molecular complexity index is 982. The van der Waals surface area contributed by atoms with Gasteiger partial charge < -0.3 is 19.7 Å². The molecule has 1 aromatic rings. The van der Waals surface area contributed by atoms with Gasteiger partial charge in [0.15, 0.2) is 0 Å². The van der Waals surface area contributed by atoms with Gasteiger partial charge in [0.1, 0.15) is 16.9 Å². The molecule has 35 heavy (non-hydrogen) atoms. The van der Waals surface area contributed by atoms with Crippen LogP contribution in [0.4, 0.5) is 0 Å². The number of fused-ring (bicyclic) bond motifs is 1. The summed E-state index contributed by atoms with van der Waals surface area (Å²) in [5, 5.41) is 22.6. The largest absolute Gasteiger partial charge is 0.455 e. The van der Waals surface area contributed by atoms with Gasteiger partial charge in [-0.1, -0.05) is 26.3 Å². The molecule has 1 saturated heterocycles. The molecule has 6 atom stereocenters. The lowest BCUT2D eigenvalue weighted by Gasteiger charge is -2.30. The summed E-state index contributed by atoms with van der Waals surface area (Å²) in [7, 11) is 0. The van der Waals surface area contributed by atoms with Crippen LogP contribution in [-0.4, -0.2) is 50.9 Å². The fourth-order valence-corrected chi connectivity index (χ4v) is 5.45. The van der Waals surface area contributed by atoms with Crippen molar-refractivity contribution in [2.45, 2.75) is 97.7 Å². The first-order valence-electron chi connectivity index (χ1n) is 12.4. The van der Waals surface area contributed by atoms with E-state index in [4.69, 9.17) is 9.47 Å². The molecule has 0 amide bonds. The molecule has 0 bridgehead atoms. The molecule has 3 heterocycles. The van der Waals surface area contributed by atoms with Crippen LogP contribution in [0.1, 0.15) is 77.9 Å². The molecule has 194 valence electrons. The van der Waals surface area contributed by atoms with Gasteiger partial charge in [-0.3, -0.25) is 4.79 Å². The molecule has 2 aliphatic rings. The van der Waals surface area contributed by atoms with Gasteiger partial charge in [0, 0.05) is 29.2 Å². The number of ether oxygens (including phenoxy) is 2. The molecule has 0 saturated carbocycles.